The molecule has 2 aliphatic rings. The first-order valence-corrected chi connectivity index (χ1v) is 10.2. The molecule has 126 valence electrons. The van der Waals surface area contributed by atoms with Crippen LogP contribution in [-0.2, 0) is 10.8 Å². The van der Waals surface area contributed by atoms with Crippen LogP contribution < -0.4 is 0 Å². The van der Waals surface area contributed by atoms with Crippen molar-refractivity contribution in [3.05, 3.63) is 34.9 Å². The van der Waals surface area contributed by atoms with Crippen LogP contribution in [0, 0.1) is 5.92 Å². The van der Waals surface area contributed by atoms with Crippen molar-refractivity contribution in [2.45, 2.75) is 75.7 Å². The fourth-order valence-corrected chi connectivity index (χ4v) is 6.41. The van der Waals surface area contributed by atoms with Crippen LogP contribution >= 0.6 is 0 Å². The van der Waals surface area contributed by atoms with Crippen molar-refractivity contribution < 1.29 is 9.00 Å². The molecular weight excluding hydrogens is 304 g/mol. The number of ketones is 1. The summed E-state index contributed by atoms with van der Waals surface area (Å²) in [6, 6.07) is 6.31. The number of Topliss-reactive ketones (excluding diaryl/α,β-unsaturated/α-hetero) is 1. The molecule has 1 aromatic rings. The van der Waals surface area contributed by atoms with Gasteiger partial charge < -0.3 is 0 Å². The summed E-state index contributed by atoms with van der Waals surface area (Å²) in [4.78, 5) is 13.4. The molecule has 2 fully saturated rings. The van der Waals surface area contributed by atoms with Gasteiger partial charge in [0.15, 0.2) is 5.78 Å². The van der Waals surface area contributed by atoms with E-state index in [1.165, 1.54) is 11.1 Å². The van der Waals surface area contributed by atoms with Gasteiger partial charge in [0, 0.05) is 32.8 Å². The van der Waals surface area contributed by atoms with Crippen molar-refractivity contribution in [2.24, 2.45) is 5.92 Å². The molecule has 0 spiro atoms. The molecule has 2 unspecified atom stereocenters. The Morgan fingerprint density at radius 1 is 1.00 bits per heavy atom. The Morgan fingerprint density at radius 3 is 1.91 bits per heavy atom. The minimum Gasteiger partial charge on any atom is -0.294 e. The van der Waals surface area contributed by atoms with Crippen molar-refractivity contribution >= 4 is 16.6 Å². The molecule has 2 atom stereocenters. The highest BCUT2D eigenvalue weighted by Gasteiger charge is 2.43. The van der Waals surface area contributed by atoms with E-state index in [4.69, 9.17) is 0 Å². The Bertz CT molecular complexity index is 590. The van der Waals surface area contributed by atoms with Crippen LogP contribution in [0.3, 0.4) is 0 Å². The SMILES string of the molecule is CC(C)c1cccc(C(C)C)c1C(=O)C1CC2CCC(C1)S2=O. The van der Waals surface area contributed by atoms with Crippen molar-refractivity contribution in [3.63, 3.8) is 0 Å². The van der Waals surface area contributed by atoms with E-state index in [9.17, 15) is 9.00 Å². The van der Waals surface area contributed by atoms with Gasteiger partial charge in [-0.1, -0.05) is 45.9 Å². The lowest BCUT2D eigenvalue weighted by molar-refractivity contribution is 0.0903. The van der Waals surface area contributed by atoms with Crippen molar-refractivity contribution in [2.75, 3.05) is 0 Å². The lowest BCUT2D eigenvalue weighted by Crippen LogP contribution is -2.33. The number of carbonyl (C=O) groups is 1. The van der Waals surface area contributed by atoms with Crippen LogP contribution in [0.15, 0.2) is 18.2 Å². The van der Waals surface area contributed by atoms with Crippen molar-refractivity contribution in [1.29, 1.82) is 0 Å². The predicted octanol–water partition coefficient (Wildman–Crippen LogP) is 4.81. The topological polar surface area (TPSA) is 34.1 Å². The summed E-state index contributed by atoms with van der Waals surface area (Å²) in [5.74, 6) is 1.08. The van der Waals surface area contributed by atoms with Crippen molar-refractivity contribution in [1.82, 2.24) is 0 Å². The molecule has 0 N–H and O–H groups in total. The molecule has 1 aromatic carbocycles. The normalized spacial score (nSPS) is 30.2. The number of rotatable bonds is 4. The van der Waals surface area contributed by atoms with Gasteiger partial charge in [-0.2, -0.15) is 0 Å². The third-order valence-electron chi connectivity index (χ3n) is 5.55. The first kappa shape index (κ1) is 16.9. The van der Waals surface area contributed by atoms with Crippen LogP contribution in [0.2, 0.25) is 0 Å². The van der Waals surface area contributed by atoms with Crippen LogP contribution in [0.5, 0.6) is 0 Å². The maximum atomic E-state index is 13.4. The second-order valence-electron chi connectivity index (χ2n) is 7.80. The van der Waals surface area contributed by atoms with Gasteiger partial charge in [0.1, 0.15) is 0 Å². The Labute approximate surface area is 142 Å². The van der Waals surface area contributed by atoms with E-state index in [1.807, 2.05) is 0 Å². The van der Waals surface area contributed by atoms with Gasteiger partial charge in [-0.05, 0) is 48.6 Å². The Balaban J connectivity index is 1.97. The summed E-state index contributed by atoms with van der Waals surface area (Å²) in [6.07, 6.45) is 3.74. The zero-order valence-corrected chi connectivity index (χ0v) is 15.5. The van der Waals surface area contributed by atoms with E-state index in [2.05, 4.69) is 45.9 Å². The van der Waals surface area contributed by atoms with Crippen LogP contribution in [0.25, 0.3) is 0 Å². The second-order valence-corrected chi connectivity index (χ2v) is 9.79. The molecule has 0 amide bonds. The Hall–Kier alpha value is -0.960. The monoisotopic (exact) mass is 332 g/mol. The molecule has 0 aliphatic carbocycles. The quantitative estimate of drug-likeness (QED) is 0.742. The number of fused-ring (bicyclic) bond motifs is 2. The van der Waals surface area contributed by atoms with Crippen molar-refractivity contribution in [3.8, 4) is 0 Å². The fraction of sp³-hybridized carbons (Fsp3) is 0.650. The molecule has 3 heteroatoms. The summed E-state index contributed by atoms with van der Waals surface area (Å²) in [6.45, 7) is 8.65. The van der Waals surface area contributed by atoms with E-state index >= 15 is 0 Å². The lowest BCUT2D eigenvalue weighted by atomic mass is 9.81. The third-order valence-corrected chi connectivity index (χ3v) is 7.72. The van der Waals surface area contributed by atoms with E-state index in [1.54, 1.807) is 0 Å². The van der Waals surface area contributed by atoms with Gasteiger partial charge in [0.2, 0.25) is 0 Å². The van der Waals surface area contributed by atoms with E-state index < -0.39 is 10.8 Å². The largest absolute Gasteiger partial charge is 0.294 e. The van der Waals surface area contributed by atoms with Gasteiger partial charge in [-0.3, -0.25) is 9.00 Å². The van der Waals surface area contributed by atoms with E-state index in [0.717, 1.165) is 31.2 Å². The molecule has 2 bridgehead atoms. The number of hydrogen-bond acceptors (Lipinski definition) is 2. The summed E-state index contributed by atoms with van der Waals surface area (Å²) in [7, 11) is -0.693. The van der Waals surface area contributed by atoms with Gasteiger partial charge in [-0.25, -0.2) is 0 Å². The molecule has 2 nitrogen and oxygen atoms in total. The molecule has 2 aliphatic heterocycles. The predicted molar refractivity (Wildman–Crippen MR) is 96.6 cm³/mol. The van der Waals surface area contributed by atoms with Crippen LogP contribution in [-0.4, -0.2) is 20.5 Å². The van der Waals surface area contributed by atoms with Gasteiger partial charge in [0.05, 0.1) is 0 Å². The van der Waals surface area contributed by atoms with Crippen LogP contribution in [0.4, 0.5) is 0 Å². The van der Waals surface area contributed by atoms with Gasteiger partial charge >= 0.3 is 0 Å². The highest BCUT2D eigenvalue weighted by Crippen LogP contribution is 2.41. The fourth-order valence-electron chi connectivity index (χ4n) is 4.29. The minimum atomic E-state index is -0.693. The maximum absolute atomic E-state index is 13.4. The molecule has 2 saturated heterocycles. The average molecular weight is 333 g/mol. The Kier molecular flexibility index (Phi) is 4.78. The first-order chi connectivity index (χ1) is 10.9. The smallest absolute Gasteiger partial charge is 0.166 e. The van der Waals surface area contributed by atoms with Crippen LogP contribution in [0.1, 0.15) is 86.7 Å². The summed E-state index contributed by atoms with van der Waals surface area (Å²) >= 11 is 0. The second kappa shape index (κ2) is 6.51. The maximum Gasteiger partial charge on any atom is 0.166 e. The van der Waals surface area contributed by atoms with E-state index in [0.29, 0.717) is 17.6 Å². The number of benzene rings is 1. The standard InChI is InChI=1S/C20H28O2S/c1-12(2)17-6-5-7-18(13(3)4)19(17)20(21)14-10-15-8-9-16(11-14)23(15)22/h5-7,12-16H,8-11H2,1-4H3. The van der Waals surface area contributed by atoms with E-state index in [-0.39, 0.29) is 16.4 Å². The molecule has 2 heterocycles. The zero-order valence-electron chi connectivity index (χ0n) is 14.7. The molecule has 0 aromatic heterocycles. The van der Waals surface area contributed by atoms with Gasteiger partial charge in [-0.15, -0.1) is 0 Å². The highest BCUT2D eigenvalue weighted by atomic mass is 32.2. The minimum absolute atomic E-state index is 0.0719. The molecule has 23 heavy (non-hydrogen) atoms. The summed E-state index contributed by atoms with van der Waals surface area (Å²) in [5, 5.41) is 0.521. The average Bonchev–Trinajstić information content (AvgIpc) is 2.75. The lowest BCUT2D eigenvalue weighted by Gasteiger charge is -2.28. The number of carbonyl (C=O) groups excluding carboxylic acids is 1. The summed E-state index contributed by atoms with van der Waals surface area (Å²) in [5.41, 5.74) is 3.33. The molecule has 0 radical (unpaired) electrons. The Morgan fingerprint density at radius 2 is 1.48 bits per heavy atom. The molecular formula is C20H28O2S. The number of hydrogen-bond donors (Lipinski definition) is 0. The summed E-state index contributed by atoms with van der Waals surface area (Å²) < 4.78 is 12.2. The zero-order chi connectivity index (χ0) is 16.7. The third kappa shape index (κ3) is 3.05. The molecule has 3 rings (SSSR count). The highest BCUT2D eigenvalue weighted by molar-refractivity contribution is 7.86. The molecule has 0 saturated carbocycles. The first-order valence-electron chi connectivity index (χ1n) is 8.96. The van der Waals surface area contributed by atoms with Gasteiger partial charge in [0.25, 0.3) is 0 Å².